The van der Waals surface area contributed by atoms with E-state index in [0.717, 1.165) is 13.1 Å². The molecule has 1 aliphatic heterocycles. The zero-order valence-electron chi connectivity index (χ0n) is 12.0. The summed E-state index contributed by atoms with van der Waals surface area (Å²) < 4.78 is 0. The molecule has 0 aromatic heterocycles. The third-order valence-corrected chi connectivity index (χ3v) is 5.50. The number of rotatable bonds is 3. The monoisotopic (exact) mass is 238 g/mol. The summed E-state index contributed by atoms with van der Waals surface area (Å²) in [6.45, 7) is 14.1. The molecule has 3 heteroatoms. The van der Waals surface area contributed by atoms with E-state index >= 15 is 0 Å². The van der Waals surface area contributed by atoms with Gasteiger partial charge in [0.25, 0.3) is 0 Å². The molecule has 17 heavy (non-hydrogen) atoms. The molecule has 1 aliphatic carbocycles. The van der Waals surface area contributed by atoms with E-state index in [-0.39, 0.29) is 16.9 Å². The van der Waals surface area contributed by atoms with Crippen LogP contribution in [0.5, 0.6) is 0 Å². The maximum Gasteiger partial charge on any atom is 0.241 e. The predicted octanol–water partition coefficient (Wildman–Crippen LogP) is 2.23. The summed E-state index contributed by atoms with van der Waals surface area (Å²) in [5.41, 5.74) is 0.489. The van der Waals surface area contributed by atoms with Gasteiger partial charge in [-0.1, -0.05) is 48.0 Å². The second kappa shape index (κ2) is 3.71. The average molecular weight is 238 g/mol. The van der Waals surface area contributed by atoms with Gasteiger partial charge in [-0.15, -0.1) is 0 Å². The minimum absolute atomic E-state index is 0.0344. The molecule has 0 aromatic carbocycles. The summed E-state index contributed by atoms with van der Waals surface area (Å²) in [6, 6.07) is 0.427. The Labute approximate surface area is 105 Å². The maximum absolute atomic E-state index is 12.4. The highest BCUT2D eigenvalue weighted by atomic mass is 16.2. The van der Waals surface area contributed by atoms with Crippen molar-refractivity contribution in [3.05, 3.63) is 0 Å². The van der Waals surface area contributed by atoms with Crippen molar-refractivity contribution < 1.29 is 4.79 Å². The van der Waals surface area contributed by atoms with Crippen LogP contribution in [0, 0.1) is 16.7 Å². The van der Waals surface area contributed by atoms with E-state index in [2.05, 4.69) is 51.8 Å². The molecule has 2 rings (SSSR count). The molecule has 1 saturated heterocycles. The maximum atomic E-state index is 12.4. The Morgan fingerprint density at radius 1 is 1.35 bits per heavy atom. The Balaban J connectivity index is 2.10. The number of nitrogens with zero attached hydrogens (tertiary/aromatic N) is 1. The molecule has 2 fully saturated rings. The molecule has 1 heterocycles. The van der Waals surface area contributed by atoms with E-state index in [1.807, 2.05) is 0 Å². The molecular formula is C14H26N2O. The van der Waals surface area contributed by atoms with Crippen molar-refractivity contribution in [2.24, 2.45) is 16.7 Å². The molecule has 2 aliphatic rings. The molecule has 1 amide bonds. The normalized spacial score (nSPS) is 32.9. The molecule has 2 atom stereocenters. The van der Waals surface area contributed by atoms with E-state index in [1.165, 1.54) is 0 Å². The lowest BCUT2D eigenvalue weighted by atomic mass is 9.99. The van der Waals surface area contributed by atoms with Crippen LogP contribution in [0.25, 0.3) is 0 Å². The zero-order valence-corrected chi connectivity index (χ0v) is 12.0. The first-order chi connectivity index (χ1) is 7.75. The van der Waals surface area contributed by atoms with Gasteiger partial charge in [-0.05, 0) is 16.7 Å². The molecule has 2 unspecified atom stereocenters. The van der Waals surface area contributed by atoms with Crippen LogP contribution in [0.15, 0.2) is 0 Å². The largest absolute Gasteiger partial charge is 0.324 e. The number of nitrogens with one attached hydrogen (secondary N) is 1. The molecular weight excluding hydrogens is 212 g/mol. The number of carbonyl (C=O) groups excluding carboxylic acids is 1. The Hall–Kier alpha value is -0.570. The molecule has 1 saturated carbocycles. The van der Waals surface area contributed by atoms with Crippen molar-refractivity contribution in [1.82, 2.24) is 10.2 Å². The van der Waals surface area contributed by atoms with Gasteiger partial charge >= 0.3 is 0 Å². The first-order valence-corrected chi connectivity index (χ1v) is 6.79. The van der Waals surface area contributed by atoms with Gasteiger partial charge in [0.05, 0.1) is 12.7 Å². The first-order valence-electron chi connectivity index (χ1n) is 6.79. The minimum Gasteiger partial charge on any atom is -0.324 e. The lowest BCUT2D eigenvalue weighted by molar-refractivity contribution is -0.131. The third kappa shape index (κ3) is 1.62. The van der Waals surface area contributed by atoms with Crippen LogP contribution in [0.1, 0.15) is 48.0 Å². The zero-order chi connectivity index (χ0) is 13.0. The van der Waals surface area contributed by atoms with E-state index in [1.54, 1.807) is 0 Å². The molecule has 98 valence electrons. The van der Waals surface area contributed by atoms with Gasteiger partial charge in [0.15, 0.2) is 0 Å². The molecule has 0 radical (unpaired) electrons. The van der Waals surface area contributed by atoms with Crippen LogP contribution in [0.2, 0.25) is 0 Å². The lowest BCUT2D eigenvalue weighted by Gasteiger charge is -2.20. The van der Waals surface area contributed by atoms with Gasteiger partial charge in [-0.3, -0.25) is 10.1 Å². The Morgan fingerprint density at radius 2 is 1.88 bits per heavy atom. The number of amides is 1. The van der Waals surface area contributed by atoms with Crippen LogP contribution >= 0.6 is 0 Å². The van der Waals surface area contributed by atoms with Gasteiger partial charge in [0.1, 0.15) is 0 Å². The van der Waals surface area contributed by atoms with Crippen LogP contribution in [0.3, 0.4) is 0 Å². The summed E-state index contributed by atoms with van der Waals surface area (Å²) in [7, 11) is 0. The van der Waals surface area contributed by atoms with E-state index in [4.69, 9.17) is 0 Å². The summed E-state index contributed by atoms with van der Waals surface area (Å²) in [4.78, 5) is 14.5. The highest BCUT2D eigenvalue weighted by Crippen LogP contribution is 2.65. The van der Waals surface area contributed by atoms with E-state index in [0.29, 0.717) is 17.9 Å². The van der Waals surface area contributed by atoms with E-state index < -0.39 is 0 Å². The summed E-state index contributed by atoms with van der Waals surface area (Å²) in [5.74, 6) is 0.737. The Kier molecular flexibility index (Phi) is 2.81. The fraction of sp³-hybridized carbons (Fsp3) is 0.929. The summed E-state index contributed by atoms with van der Waals surface area (Å²) in [6.07, 6.45) is 1.05. The van der Waals surface area contributed by atoms with Crippen molar-refractivity contribution in [2.45, 2.75) is 60.0 Å². The van der Waals surface area contributed by atoms with Crippen molar-refractivity contribution in [3.8, 4) is 0 Å². The fourth-order valence-corrected chi connectivity index (χ4v) is 3.38. The van der Waals surface area contributed by atoms with Gasteiger partial charge in [0, 0.05) is 6.04 Å². The highest BCUT2D eigenvalue weighted by Gasteiger charge is 2.69. The van der Waals surface area contributed by atoms with Gasteiger partial charge in [0.2, 0.25) is 5.91 Å². The standard InChI is InChI=1S/C14H26N2O/c1-7-9(2)10-11(17)16(8-15-10)12-13(3,4)14(12,5)6/h9-10,12,15H,7-8H2,1-6H3. The van der Waals surface area contributed by atoms with Crippen molar-refractivity contribution in [3.63, 3.8) is 0 Å². The van der Waals surface area contributed by atoms with Gasteiger partial charge in [-0.25, -0.2) is 0 Å². The SMILES string of the molecule is CCC(C)C1NCN(C2C(C)(C)C2(C)C)C1=O. The second-order valence-corrected chi connectivity index (χ2v) is 6.88. The number of hydrogen-bond acceptors (Lipinski definition) is 2. The Bertz CT molecular complexity index is 321. The second-order valence-electron chi connectivity index (χ2n) is 6.88. The van der Waals surface area contributed by atoms with E-state index in [9.17, 15) is 4.79 Å². The molecule has 0 spiro atoms. The quantitative estimate of drug-likeness (QED) is 0.817. The smallest absolute Gasteiger partial charge is 0.241 e. The average Bonchev–Trinajstić information content (AvgIpc) is 2.55. The Morgan fingerprint density at radius 3 is 2.29 bits per heavy atom. The van der Waals surface area contributed by atoms with Crippen LogP contribution < -0.4 is 5.32 Å². The van der Waals surface area contributed by atoms with Crippen LogP contribution in [-0.4, -0.2) is 29.6 Å². The number of hydrogen-bond donors (Lipinski definition) is 1. The molecule has 1 N–H and O–H groups in total. The number of carbonyl (C=O) groups is 1. The molecule has 0 aromatic rings. The predicted molar refractivity (Wildman–Crippen MR) is 69.4 cm³/mol. The topological polar surface area (TPSA) is 32.3 Å². The third-order valence-electron chi connectivity index (χ3n) is 5.50. The first kappa shape index (κ1) is 12.9. The van der Waals surface area contributed by atoms with Gasteiger partial charge in [-0.2, -0.15) is 0 Å². The highest BCUT2D eigenvalue weighted by molar-refractivity contribution is 5.85. The molecule has 3 nitrogen and oxygen atoms in total. The summed E-state index contributed by atoms with van der Waals surface area (Å²) >= 11 is 0. The summed E-state index contributed by atoms with van der Waals surface area (Å²) in [5, 5.41) is 3.38. The van der Waals surface area contributed by atoms with Crippen molar-refractivity contribution in [1.29, 1.82) is 0 Å². The lowest BCUT2D eigenvalue weighted by Crippen LogP contribution is -2.37. The van der Waals surface area contributed by atoms with Crippen molar-refractivity contribution >= 4 is 5.91 Å². The van der Waals surface area contributed by atoms with Crippen molar-refractivity contribution in [2.75, 3.05) is 6.67 Å². The van der Waals surface area contributed by atoms with Gasteiger partial charge < -0.3 is 4.90 Å². The molecule has 0 bridgehead atoms. The van der Waals surface area contributed by atoms with Crippen LogP contribution in [0.4, 0.5) is 0 Å². The minimum atomic E-state index is 0.0344. The van der Waals surface area contributed by atoms with Crippen LogP contribution in [-0.2, 0) is 4.79 Å². The fourth-order valence-electron chi connectivity index (χ4n) is 3.38.